The molecule has 0 bridgehead atoms. The van der Waals surface area contributed by atoms with Crippen molar-refractivity contribution in [1.29, 1.82) is 0 Å². The van der Waals surface area contributed by atoms with Crippen LogP contribution in [0.5, 0.6) is 0 Å². The summed E-state index contributed by atoms with van der Waals surface area (Å²) in [5, 5.41) is 4.08. The molecule has 0 radical (unpaired) electrons. The van der Waals surface area contributed by atoms with Gasteiger partial charge in [-0.3, -0.25) is 4.79 Å². The van der Waals surface area contributed by atoms with Crippen LogP contribution in [-0.4, -0.2) is 24.0 Å². The maximum atomic E-state index is 12.5. The van der Waals surface area contributed by atoms with Gasteiger partial charge in [0.2, 0.25) is 5.91 Å². The minimum atomic E-state index is -0.0247. The first-order valence-electron chi connectivity index (χ1n) is 7.78. The summed E-state index contributed by atoms with van der Waals surface area (Å²) in [6.45, 7) is 1.26. The van der Waals surface area contributed by atoms with Gasteiger partial charge in [0.1, 0.15) is 0 Å². The van der Waals surface area contributed by atoms with Gasteiger partial charge in [0, 0.05) is 12.5 Å². The third kappa shape index (κ3) is 4.70. The van der Waals surface area contributed by atoms with Crippen LogP contribution in [0.4, 0.5) is 0 Å². The summed E-state index contributed by atoms with van der Waals surface area (Å²) in [5.41, 5.74) is 6.51. The fourth-order valence-electron chi connectivity index (χ4n) is 2.87. The van der Waals surface area contributed by atoms with Crippen molar-refractivity contribution < 1.29 is 4.79 Å². The first kappa shape index (κ1) is 20.9. The van der Waals surface area contributed by atoms with Crippen LogP contribution in [0.2, 0.25) is 0 Å². The Bertz CT molecular complexity index is 656. The summed E-state index contributed by atoms with van der Waals surface area (Å²) < 4.78 is 1.19. The topological polar surface area (TPSA) is 68.0 Å². The van der Waals surface area contributed by atoms with Crippen molar-refractivity contribution in [3.05, 3.63) is 41.4 Å². The molecule has 24 heavy (non-hydrogen) atoms. The third-order valence-electron chi connectivity index (χ3n) is 4.08. The molecule has 2 atom stereocenters. The Hall–Kier alpha value is -1.14. The van der Waals surface area contributed by atoms with Gasteiger partial charge in [-0.05, 0) is 37.9 Å². The number of carbonyl (C=O) groups excluding carboxylic acids is 1. The molecule has 7 heteroatoms. The number of para-hydroxylation sites is 1. The van der Waals surface area contributed by atoms with E-state index in [0.717, 1.165) is 29.8 Å². The van der Waals surface area contributed by atoms with Crippen LogP contribution in [0, 0.1) is 5.92 Å². The fourth-order valence-corrected chi connectivity index (χ4v) is 4.02. The number of thiazole rings is 1. The number of fused-ring (bicyclic) bond motifs is 1. The average molecular weight is 388 g/mol. The maximum Gasteiger partial charge on any atom is 0.224 e. The third-order valence-corrected chi connectivity index (χ3v) is 5.25. The average Bonchev–Trinajstić information content (AvgIpc) is 2.99. The van der Waals surface area contributed by atoms with Crippen LogP contribution in [0.1, 0.15) is 30.2 Å². The Morgan fingerprint density at radius 2 is 2.00 bits per heavy atom. The smallest absolute Gasteiger partial charge is 0.224 e. The number of nitrogens with zero attached hydrogens (tertiary/aromatic N) is 1. The van der Waals surface area contributed by atoms with E-state index >= 15 is 0 Å². The van der Waals surface area contributed by atoms with Crippen LogP contribution in [-0.2, 0) is 4.79 Å². The van der Waals surface area contributed by atoms with E-state index in [9.17, 15) is 4.79 Å². The molecular formula is C17H23Cl2N3OS. The van der Waals surface area contributed by atoms with E-state index in [1.807, 2.05) is 18.2 Å². The number of benzene rings is 1. The molecule has 2 aromatic rings. The molecule has 0 saturated heterocycles. The van der Waals surface area contributed by atoms with Crippen LogP contribution < -0.4 is 11.1 Å². The number of nitrogens with two attached hydrogens (primary N) is 1. The van der Waals surface area contributed by atoms with E-state index in [2.05, 4.69) is 23.5 Å². The van der Waals surface area contributed by atoms with Crippen molar-refractivity contribution in [2.75, 3.05) is 13.1 Å². The maximum absolute atomic E-state index is 12.5. The quantitative estimate of drug-likeness (QED) is 0.607. The van der Waals surface area contributed by atoms with E-state index in [4.69, 9.17) is 10.7 Å². The standard InChI is InChI=1S/C17H21N3OS.2ClH/c18-10-5-11-19-16(21)12-6-1-2-7-13(12)17-20-14-8-3-4-9-15(14)22-17;;/h1-4,8-9,12-13H,5-7,10-11,18H2,(H,19,21);2*1H. The SMILES string of the molecule is Cl.Cl.NCCCNC(=O)C1CC=CCC1c1nc2ccccc2s1. The minimum absolute atomic E-state index is 0. The molecule has 1 aromatic heterocycles. The van der Waals surface area contributed by atoms with Crippen molar-refractivity contribution in [3.8, 4) is 0 Å². The van der Waals surface area contributed by atoms with Gasteiger partial charge in [-0.1, -0.05) is 24.3 Å². The second-order valence-corrected chi connectivity index (χ2v) is 6.67. The van der Waals surface area contributed by atoms with Crippen molar-refractivity contribution in [3.63, 3.8) is 0 Å². The molecule has 0 spiro atoms. The van der Waals surface area contributed by atoms with Gasteiger partial charge in [-0.2, -0.15) is 0 Å². The fraction of sp³-hybridized carbons (Fsp3) is 0.412. The molecule has 3 rings (SSSR count). The highest BCUT2D eigenvalue weighted by Gasteiger charge is 2.31. The summed E-state index contributed by atoms with van der Waals surface area (Å²) in [4.78, 5) is 17.2. The van der Waals surface area contributed by atoms with E-state index in [0.29, 0.717) is 13.1 Å². The predicted octanol–water partition coefficient (Wildman–Crippen LogP) is 3.65. The number of carbonyl (C=O) groups is 1. The molecule has 0 saturated carbocycles. The Morgan fingerprint density at radius 1 is 1.25 bits per heavy atom. The molecule has 2 unspecified atom stereocenters. The lowest BCUT2D eigenvalue weighted by atomic mass is 9.82. The van der Waals surface area contributed by atoms with Gasteiger partial charge in [-0.25, -0.2) is 4.98 Å². The van der Waals surface area contributed by atoms with Gasteiger partial charge < -0.3 is 11.1 Å². The normalized spacial score (nSPS) is 19.4. The molecular weight excluding hydrogens is 365 g/mol. The van der Waals surface area contributed by atoms with E-state index in [1.165, 1.54) is 4.70 Å². The minimum Gasteiger partial charge on any atom is -0.356 e. The van der Waals surface area contributed by atoms with Gasteiger partial charge >= 0.3 is 0 Å². The molecule has 1 heterocycles. The van der Waals surface area contributed by atoms with Crippen molar-refractivity contribution >= 4 is 52.3 Å². The number of halogens is 2. The highest BCUT2D eigenvalue weighted by atomic mass is 35.5. The monoisotopic (exact) mass is 387 g/mol. The van der Waals surface area contributed by atoms with Crippen molar-refractivity contribution in [2.45, 2.75) is 25.2 Å². The lowest BCUT2D eigenvalue weighted by Gasteiger charge is -2.26. The van der Waals surface area contributed by atoms with Gasteiger partial charge in [-0.15, -0.1) is 36.2 Å². The molecule has 0 fully saturated rings. The zero-order valence-electron chi connectivity index (χ0n) is 13.3. The number of amides is 1. The Labute approximate surface area is 158 Å². The Balaban J connectivity index is 0.00000144. The zero-order valence-corrected chi connectivity index (χ0v) is 15.8. The number of hydrogen-bond donors (Lipinski definition) is 2. The Morgan fingerprint density at radius 3 is 2.75 bits per heavy atom. The van der Waals surface area contributed by atoms with E-state index in [-0.39, 0.29) is 42.6 Å². The molecule has 1 aromatic carbocycles. The van der Waals surface area contributed by atoms with E-state index in [1.54, 1.807) is 11.3 Å². The summed E-state index contributed by atoms with van der Waals surface area (Å²) in [7, 11) is 0. The first-order chi connectivity index (χ1) is 10.8. The van der Waals surface area contributed by atoms with Gasteiger partial charge in [0.05, 0.1) is 21.1 Å². The number of aromatic nitrogens is 1. The summed E-state index contributed by atoms with van der Waals surface area (Å²) in [5.74, 6) is 0.283. The summed E-state index contributed by atoms with van der Waals surface area (Å²) >= 11 is 1.71. The molecule has 3 N–H and O–H groups in total. The van der Waals surface area contributed by atoms with Gasteiger partial charge in [0.15, 0.2) is 0 Å². The molecule has 1 aliphatic rings. The highest BCUT2D eigenvalue weighted by molar-refractivity contribution is 7.18. The second-order valence-electron chi connectivity index (χ2n) is 5.61. The molecule has 4 nitrogen and oxygen atoms in total. The molecule has 1 amide bonds. The highest BCUT2D eigenvalue weighted by Crippen LogP contribution is 2.38. The summed E-state index contributed by atoms with van der Waals surface area (Å²) in [6, 6.07) is 8.15. The van der Waals surface area contributed by atoms with Crippen LogP contribution in [0.15, 0.2) is 36.4 Å². The number of allylic oxidation sites excluding steroid dienone is 2. The predicted molar refractivity (Wildman–Crippen MR) is 105 cm³/mol. The molecule has 132 valence electrons. The lowest BCUT2D eigenvalue weighted by molar-refractivity contribution is -0.125. The number of hydrogen-bond acceptors (Lipinski definition) is 4. The van der Waals surface area contributed by atoms with E-state index < -0.39 is 0 Å². The zero-order chi connectivity index (χ0) is 15.4. The first-order valence-corrected chi connectivity index (χ1v) is 8.59. The Kier molecular flexibility index (Phi) is 8.70. The van der Waals surface area contributed by atoms with Gasteiger partial charge in [0.25, 0.3) is 0 Å². The second kappa shape index (κ2) is 9.99. The summed E-state index contributed by atoms with van der Waals surface area (Å²) in [6.07, 6.45) is 6.77. The number of nitrogens with one attached hydrogen (secondary N) is 1. The molecule has 1 aliphatic carbocycles. The lowest BCUT2D eigenvalue weighted by Crippen LogP contribution is -2.36. The van der Waals surface area contributed by atoms with Crippen molar-refractivity contribution in [2.24, 2.45) is 11.7 Å². The number of rotatable bonds is 5. The van der Waals surface area contributed by atoms with Crippen molar-refractivity contribution in [1.82, 2.24) is 10.3 Å². The van der Waals surface area contributed by atoms with Crippen LogP contribution in [0.25, 0.3) is 10.2 Å². The van der Waals surface area contributed by atoms with Crippen LogP contribution >= 0.6 is 36.2 Å². The van der Waals surface area contributed by atoms with Crippen LogP contribution in [0.3, 0.4) is 0 Å². The molecule has 0 aliphatic heterocycles. The largest absolute Gasteiger partial charge is 0.356 e.